The molecule has 0 radical (unpaired) electrons. The zero-order valence-electron chi connectivity index (χ0n) is 9.30. The highest BCUT2D eigenvalue weighted by Gasteiger charge is 2.26. The molecule has 2 amide bonds. The topological polar surface area (TPSA) is 84.2 Å². The Morgan fingerprint density at radius 1 is 1.28 bits per heavy atom. The number of anilines is 2. The number of piperidine rings is 1. The smallest absolute Gasteiger partial charge is 0.249 e. The molecular formula is C11H11Cl2N3O2. The number of rotatable bonds is 2. The second kappa shape index (κ2) is 5.04. The van der Waals surface area contributed by atoms with Crippen LogP contribution < -0.4 is 16.4 Å². The molecule has 0 bridgehead atoms. The number of halogens is 2. The van der Waals surface area contributed by atoms with Gasteiger partial charge in [0.05, 0.1) is 21.4 Å². The molecule has 5 nitrogen and oxygen atoms in total. The Hall–Kier alpha value is -1.46. The Kier molecular flexibility index (Phi) is 3.63. The second-order valence-electron chi connectivity index (χ2n) is 4.00. The van der Waals surface area contributed by atoms with E-state index in [0.717, 1.165) is 0 Å². The van der Waals surface area contributed by atoms with E-state index < -0.39 is 6.04 Å². The van der Waals surface area contributed by atoms with E-state index in [2.05, 4.69) is 10.6 Å². The van der Waals surface area contributed by atoms with Gasteiger partial charge in [0.25, 0.3) is 0 Å². The summed E-state index contributed by atoms with van der Waals surface area (Å²) in [7, 11) is 0. The van der Waals surface area contributed by atoms with Crippen molar-refractivity contribution in [1.29, 1.82) is 0 Å². The van der Waals surface area contributed by atoms with E-state index in [4.69, 9.17) is 28.9 Å². The molecule has 1 aromatic carbocycles. The van der Waals surface area contributed by atoms with Crippen molar-refractivity contribution in [3.63, 3.8) is 0 Å². The highest BCUT2D eigenvalue weighted by molar-refractivity contribution is 6.42. The van der Waals surface area contributed by atoms with E-state index in [1.165, 1.54) is 6.07 Å². The molecule has 96 valence electrons. The number of carbonyl (C=O) groups is 2. The zero-order valence-corrected chi connectivity index (χ0v) is 10.8. The van der Waals surface area contributed by atoms with Gasteiger partial charge in [-0.25, -0.2) is 0 Å². The molecule has 1 aromatic rings. The van der Waals surface area contributed by atoms with Gasteiger partial charge in [0.1, 0.15) is 6.04 Å². The molecule has 4 N–H and O–H groups in total. The van der Waals surface area contributed by atoms with Crippen LogP contribution in [0.25, 0.3) is 0 Å². The molecule has 1 saturated heterocycles. The minimum absolute atomic E-state index is 0.264. The lowest BCUT2D eigenvalue weighted by Gasteiger charge is -2.23. The summed E-state index contributed by atoms with van der Waals surface area (Å²) in [5.41, 5.74) is 6.70. The van der Waals surface area contributed by atoms with Crippen molar-refractivity contribution in [3.05, 3.63) is 22.2 Å². The SMILES string of the molecule is Nc1cc(Cl)c(Cl)cc1NC1CCC(=O)NC1=O. The number of nitrogens with two attached hydrogens (primary N) is 1. The van der Waals surface area contributed by atoms with E-state index in [9.17, 15) is 9.59 Å². The Labute approximate surface area is 114 Å². The minimum atomic E-state index is -0.498. The van der Waals surface area contributed by atoms with Crippen LogP contribution in [0.4, 0.5) is 11.4 Å². The summed E-state index contributed by atoms with van der Waals surface area (Å²) in [6, 6.07) is 2.57. The highest BCUT2D eigenvalue weighted by Crippen LogP contribution is 2.31. The molecule has 0 aromatic heterocycles. The molecule has 0 spiro atoms. The predicted molar refractivity (Wildman–Crippen MR) is 70.7 cm³/mol. The maximum Gasteiger partial charge on any atom is 0.249 e. The molecule has 1 fully saturated rings. The number of amides is 2. The largest absolute Gasteiger partial charge is 0.397 e. The molecule has 18 heavy (non-hydrogen) atoms. The van der Waals surface area contributed by atoms with Crippen molar-refractivity contribution >= 4 is 46.4 Å². The van der Waals surface area contributed by atoms with E-state index in [-0.39, 0.29) is 11.8 Å². The van der Waals surface area contributed by atoms with E-state index in [1.807, 2.05) is 0 Å². The summed E-state index contributed by atoms with van der Waals surface area (Å²) in [6.07, 6.45) is 0.717. The van der Waals surface area contributed by atoms with Crippen molar-refractivity contribution in [2.24, 2.45) is 0 Å². The highest BCUT2D eigenvalue weighted by atomic mass is 35.5. The Balaban J connectivity index is 2.17. The number of carbonyl (C=O) groups excluding carboxylic acids is 2. The quantitative estimate of drug-likeness (QED) is 0.572. The fourth-order valence-corrected chi connectivity index (χ4v) is 2.04. The van der Waals surface area contributed by atoms with Crippen molar-refractivity contribution in [3.8, 4) is 0 Å². The van der Waals surface area contributed by atoms with Crippen molar-refractivity contribution in [2.45, 2.75) is 18.9 Å². The van der Waals surface area contributed by atoms with Crippen LogP contribution in [-0.4, -0.2) is 17.9 Å². The number of nitrogen functional groups attached to an aromatic ring is 1. The summed E-state index contributed by atoms with van der Waals surface area (Å²) in [6.45, 7) is 0. The van der Waals surface area contributed by atoms with Crippen LogP contribution in [0.5, 0.6) is 0 Å². The average molecular weight is 288 g/mol. The van der Waals surface area contributed by atoms with Crippen LogP contribution in [0.1, 0.15) is 12.8 Å². The van der Waals surface area contributed by atoms with Crippen LogP contribution in [-0.2, 0) is 9.59 Å². The van der Waals surface area contributed by atoms with Gasteiger partial charge in [-0.2, -0.15) is 0 Å². The first kappa shape index (κ1) is 13.0. The summed E-state index contributed by atoms with van der Waals surface area (Å²) >= 11 is 11.7. The van der Waals surface area contributed by atoms with Crippen molar-refractivity contribution < 1.29 is 9.59 Å². The summed E-state index contributed by atoms with van der Waals surface area (Å²) in [4.78, 5) is 22.6. The molecule has 0 aliphatic carbocycles. The molecule has 7 heteroatoms. The predicted octanol–water partition coefficient (Wildman–Crippen LogP) is 1.79. The summed E-state index contributed by atoms with van der Waals surface area (Å²) in [5.74, 6) is -0.628. The van der Waals surface area contributed by atoms with Crippen LogP contribution in [0.15, 0.2) is 12.1 Å². The number of benzene rings is 1. The molecule has 1 heterocycles. The molecule has 2 rings (SSSR count). The number of nitrogens with one attached hydrogen (secondary N) is 2. The second-order valence-corrected chi connectivity index (χ2v) is 4.82. The van der Waals surface area contributed by atoms with Crippen LogP contribution in [0.3, 0.4) is 0 Å². The van der Waals surface area contributed by atoms with Gasteiger partial charge in [0.15, 0.2) is 0 Å². The maximum absolute atomic E-state index is 11.6. The first-order valence-electron chi connectivity index (χ1n) is 5.32. The van der Waals surface area contributed by atoms with Gasteiger partial charge < -0.3 is 11.1 Å². The van der Waals surface area contributed by atoms with Gasteiger partial charge in [0, 0.05) is 6.42 Å². The van der Waals surface area contributed by atoms with Crippen LogP contribution in [0, 0.1) is 0 Å². The van der Waals surface area contributed by atoms with E-state index >= 15 is 0 Å². The normalized spacial score (nSPS) is 19.6. The summed E-state index contributed by atoms with van der Waals surface area (Å²) < 4.78 is 0. The first-order chi connectivity index (χ1) is 8.47. The molecule has 1 unspecified atom stereocenters. The Bertz CT molecular complexity index is 519. The third kappa shape index (κ3) is 2.68. The Morgan fingerprint density at radius 3 is 2.61 bits per heavy atom. The number of hydrogen-bond donors (Lipinski definition) is 3. The average Bonchev–Trinajstić information content (AvgIpc) is 2.29. The number of imide groups is 1. The van der Waals surface area contributed by atoms with Crippen molar-refractivity contribution in [1.82, 2.24) is 5.32 Å². The lowest BCUT2D eigenvalue weighted by atomic mass is 10.1. The van der Waals surface area contributed by atoms with Gasteiger partial charge in [-0.05, 0) is 18.6 Å². The van der Waals surface area contributed by atoms with Gasteiger partial charge >= 0.3 is 0 Å². The fraction of sp³-hybridized carbons (Fsp3) is 0.273. The lowest BCUT2D eigenvalue weighted by Crippen LogP contribution is -2.47. The lowest BCUT2D eigenvalue weighted by molar-refractivity contribution is -0.133. The van der Waals surface area contributed by atoms with Crippen molar-refractivity contribution in [2.75, 3.05) is 11.1 Å². The molecule has 1 aliphatic rings. The number of hydrogen-bond acceptors (Lipinski definition) is 4. The summed E-state index contributed by atoms with van der Waals surface area (Å²) in [5, 5.41) is 5.91. The zero-order chi connectivity index (χ0) is 13.3. The maximum atomic E-state index is 11.6. The third-order valence-corrected chi connectivity index (χ3v) is 3.38. The van der Waals surface area contributed by atoms with E-state index in [0.29, 0.717) is 34.3 Å². The van der Waals surface area contributed by atoms with Crippen LogP contribution in [0.2, 0.25) is 10.0 Å². The monoisotopic (exact) mass is 287 g/mol. The van der Waals surface area contributed by atoms with E-state index in [1.54, 1.807) is 6.07 Å². The fourth-order valence-electron chi connectivity index (χ4n) is 1.71. The Morgan fingerprint density at radius 2 is 1.94 bits per heavy atom. The minimum Gasteiger partial charge on any atom is -0.397 e. The van der Waals surface area contributed by atoms with Gasteiger partial charge in [0.2, 0.25) is 11.8 Å². The van der Waals surface area contributed by atoms with Gasteiger partial charge in [-0.15, -0.1) is 0 Å². The van der Waals surface area contributed by atoms with Crippen LogP contribution >= 0.6 is 23.2 Å². The molecule has 1 aliphatic heterocycles. The molecule has 0 saturated carbocycles. The standard InChI is InChI=1S/C11H11Cl2N3O2/c12-5-3-7(14)9(4-6(5)13)15-8-1-2-10(17)16-11(8)18/h3-4,8,15H,1-2,14H2,(H,16,17,18). The van der Waals surface area contributed by atoms with Gasteiger partial charge in [-0.3, -0.25) is 14.9 Å². The third-order valence-electron chi connectivity index (χ3n) is 2.66. The van der Waals surface area contributed by atoms with Gasteiger partial charge in [-0.1, -0.05) is 23.2 Å². The molecule has 1 atom stereocenters. The first-order valence-corrected chi connectivity index (χ1v) is 6.07. The molecular weight excluding hydrogens is 277 g/mol.